The van der Waals surface area contributed by atoms with Crippen molar-refractivity contribution >= 4 is 0 Å². The molecule has 0 aliphatic carbocycles. The van der Waals surface area contributed by atoms with Crippen molar-refractivity contribution < 1.29 is 9.13 Å². The maximum Gasteiger partial charge on any atom is 0.165 e. The molecule has 0 saturated carbocycles. The molecule has 3 nitrogen and oxygen atoms in total. The second kappa shape index (κ2) is 4.35. The summed E-state index contributed by atoms with van der Waals surface area (Å²) in [5.74, 6) is -0.0744. The van der Waals surface area contributed by atoms with Gasteiger partial charge in [0.15, 0.2) is 11.6 Å². The molecule has 0 aliphatic heterocycles. The highest BCUT2D eigenvalue weighted by molar-refractivity contribution is 5.63. The Morgan fingerprint density at radius 3 is 2.75 bits per heavy atom. The van der Waals surface area contributed by atoms with Crippen molar-refractivity contribution in [3.05, 3.63) is 36.4 Å². The van der Waals surface area contributed by atoms with E-state index in [0.29, 0.717) is 0 Å². The smallest absolute Gasteiger partial charge is 0.165 e. The first kappa shape index (κ1) is 10.7. The number of ether oxygens (including phenoxy) is 1. The molecule has 0 atom stereocenters. The summed E-state index contributed by atoms with van der Waals surface area (Å²) in [5.41, 5.74) is 1.79. The van der Waals surface area contributed by atoms with E-state index in [1.165, 1.54) is 6.07 Å². The SMILES string of the molecule is CC(C)Oc1cc(-c2cn[nH]c2)ccc1F. The third kappa shape index (κ3) is 2.21. The number of aromatic amines is 1. The average Bonchev–Trinajstić information content (AvgIpc) is 2.73. The summed E-state index contributed by atoms with van der Waals surface area (Å²) in [4.78, 5) is 0. The molecular weight excluding hydrogens is 207 g/mol. The van der Waals surface area contributed by atoms with Crippen molar-refractivity contribution in [3.8, 4) is 16.9 Å². The summed E-state index contributed by atoms with van der Waals surface area (Å²) in [6, 6.07) is 4.79. The Hall–Kier alpha value is -1.84. The minimum atomic E-state index is -0.346. The van der Waals surface area contributed by atoms with Crippen molar-refractivity contribution in [1.29, 1.82) is 0 Å². The molecule has 0 bridgehead atoms. The highest BCUT2D eigenvalue weighted by Gasteiger charge is 2.08. The summed E-state index contributed by atoms with van der Waals surface area (Å²) in [7, 11) is 0. The molecule has 0 unspecified atom stereocenters. The van der Waals surface area contributed by atoms with Gasteiger partial charge in [-0.2, -0.15) is 5.10 Å². The lowest BCUT2D eigenvalue weighted by atomic mass is 10.1. The van der Waals surface area contributed by atoms with Crippen LogP contribution in [0.15, 0.2) is 30.6 Å². The van der Waals surface area contributed by atoms with Crippen LogP contribution in [-0.2, 0) is 0 Å². The van der Waals surface area contributed by atoms with Crippen molar-refractivity contribution in [2.24, 2.45) is 0 Å². The zero-order chi connectivity index (χ0) is 11.5. The van der Waals surface area contributed by atoms with E-state index in [4.69, 9.17) is 4.74 Å². The Balaban J connectivity index is 2.36. The van der Waals surface area contributed by atoms with Crippen LogP contribution in [0.1, 0.15) is 13.8 Å². The van der Waals surface area contributed by atoms with Crippen LogP contribution in [0.25, 0.3) is 11.1 Å². The maximum atomic E-state index is 13.4. The quantitative estimate of drug-likeness (QED) is 0.863. The average molecular weight is 220 g/mol. The largest absolute Gasteiger partial charge is 0.488 e. The predicted molar refractivity (Wildman–Crippen MR) is 59.7 cm³/mol. The summed E-state index contributed by atoms with van der Waals surface area (Å²) >= 11 is 0. The molecule has 84 valence electrons. The summed E-state index contributed by atoms with van der Waals surface area (Å²) in [6.45, 7) is 3.73. The van der Waals surface area contributed by atoms with Crippen molar-refractivity contribution in [1.82, 2.24) is 10.2 Å². The normalized spacial score (nSPS) is 10.8. The van der Waals surface area contributed by atoms with Crippen LogP contribution in [0.4, 0.5) is 4.39 Å². The van der Waals surface area contributed by atoms with E-state index in [2.05, 4.69) is 10.2 Å². The molecule has 2 aromatic rings. The first-order chi connectivity index (χ1) is 7.66. The number of nitrogens with zero attached hydrogens (tertiary/aromatic N) is 1. The number of halogens is 1. The van der Waals surface area contributed by atoms with Gasteiger partial charge in [0.2, 0.25) is 0 Å². The molecule has 1 N–H and O–H groups in total. The molecule has 16 heavy (non-hydrogen) atoms. The van der Waals surface area contributed by atoms with Gasteiger partial charge in [-0.15, -0.1) is 0 Å². The molecule has 0 spiro atoms. The van der Waals surface area contributed by atoms with E-state index in [-0.39, 0.29) is 17.7 Å². The Kier molecular flexibility index (Phi) is 2.90. The molecule has 0 radical (unpaired) electrons. The van der Waals surface area contributed by atoms with E-state index >= 15 is 0 Å². The van der Waals surface area contributed by atoms with Crippen LogP contribution in [0.3, 0.4) is 0 Å². The first-order valence-corrected chi connectivity index (χ1v) is 5.12. The summed E-state index contributed by atoms with van der Waals surface area (Å²) in [6.07, 6.45) is 3.40. The van der Waals surface area contributed by atoms with Crippen molar-refractivity contribution in [2.45, 2.75) is 20.0 Å². The van der Waals surface area contributed by atoms with Gasteiger partial charge in [-0.05, 0) is 31.5 Å². The number of H-pyrrole nitrogens is 1. The lowest BCUT2D eigenvalue weighted by Crippen LogP contribution is -2.06. The lowest BCUT2D eigenvalue weighted by Gasteiger charge is -2.11. The Morgan fingerprint density at radius 1 is 1.31 bits per heavy atom. The molecule has 1 aromatic heterocycles. The third-order valence-electron chi connectivity index (χ3n) is 2.13. The Morgan fingerprint density at radius 2 is 2.12 bits per heavy atom. The molecule has 0 aliphatic rings. The number of nitrogens with one attached hydrogen (secondary N) is 1. The molecule has 2 rings (SSSR count). The Labute approximate surface area is 93.3 Å². The minimum Gasteiger partial charge on any atom is -0.488 e. The van der Waals surface area contributed by atoms with Crippen molar-refractivity contribution in [3.63, 3.8) is 0 Å². The molecular formula is C12H13FN2O. The van der Waals surface area contributed by atoms with Crippen LogP contribution in [0.2, 0.25) is 0 Å². The summed E-state index contributed by atoms with van der Waals surface area (Å²) < 4.78 is 18.8. The molecule has 1 heterocycles. The third-order valence-corrected chi connectivity index (χ3v) is 2.13. The van der Waals surface area contributed by atoms with Gasteiger partial charge in [0.25, 0.3) is 0 Å². The molecule has 1 aromatic carbocycles. The van der Waals surface area contributed by atoms with Gasteiger partial charge in [-0.3, -0.25) is 5.10 Å². The van der Waals surface area contributed by atoms with Gasteiger partial charge < -0.3 is 4.74 Å². The minimum absolute atomic E-state index is 0.0471. The molecule has 0 saturated heterocycles. The van der Waals surface area contributed by atoms with E-state index in [9.17, 15) is 4.39 Å². The molecule has 4 heteroatoms. The van der Waals surface area contributed by atoms with Gasteiger partial charge in [0.05, 0.1) is 12.3 Å². The van der Waals surface area contributed by atoms with Gasteiger partial charge in [0.1, 0.15) is 0 Å². The number of rotatable bonds is 3. The maximum absolute atomic E-state index is 13.4. The van der Waals surface area contributed by atoms with Gasteiger partial charge in [-0.1, -0.05) is 6.07 Å². The van der Waals surface area contributed by atoms with Gasteiger partial charge >= 0.3 is 0 Å². The predicted octanol–water partition coefficient (Wildman–Crippen LogP) is 3.00. The fourth-order valence-electron chi connectivity index (χ4n) is 1.44. The second-order valence-corrected chi connectivity index (χ2v) is 3.80. The standard InChI is InChI=1S/C12H13FN2O/c1-8(2)16-12-5-9(3-4-11(12)13)10-6-14-15-7-10/h3-8H,1-2H3,(H,14,15). The number of aromatic nitrogens is 2. The van der Waals surface area contributed by atoms with Crippen LogP contribution < -0.4 is 4.74 Å². The molecule has 0 amide bonds. The number of hydrogen-bond acceptors (Lipinski definition) is 2. The van der Waals surface area contributed by atoms with Crippen LogP contribution in [0, 0.1) is 5.82 Å². The second-order valence-electron chi connectivity index (χ2n) is 3.80. The van der Waals surface area contributed by atoms with E-state index in [1.807, 2.05) is 13.8 Å². The van der Waals surface area contributed by atoms with Crippen LogP contribution in [-0.4, -0.2) is 16.3 Å². The monoisotopic (exact) mass is 220 g/mol. The number of benzene rings is 1. The van der Waals surface area contributed by atoms with Crippen LogP contribution in [0.5, 0.6) is 5.75 Å². The zero-order valence-corrected chi connectivity index (χ0v) is 9.20. The number of hydrogen-bond donors (Lipinski definition) is 1. The van der Waals surface area contributed by atoms with Crippen LogP contribution >= 0.6 is 0 Å². The summed E-state index contributed by atoms with van der Waals surface area (Å²) in [5, 5.41) is 6.57. The molecule has 0 fully saturated rings. The highest BCUT2D eigenvalue weighted by atomic mass is 19.1. The van der Waals surface area contributed by atoms with E-state index in [0.717, 1.165) is 11.1 Å². The van der Waals surface area contributed by atoms with Crippen molar-refractivity contribution in [2.75, 3.05) is 0 Å². The van der Waals surface area contributed by atoms with E-state index < -0.39 is 0 Å². The highest BCUT2D eigenvalue weighted by Crippen LogP contribution is 2.26. The first-order valence-electron chi connectivity index (χ1n) is 5.12. The fraction of sp³-hybridized carbons (Fsp3) is 0.250. The van der Waals surface area contributed by atoms with Gasteiger partial charge in [0, 0.05) is 11.8 Å². The fourth-order valence-corrected chi connectivity index (χ4v) is 1.44. The van der Waals surface area contributed by atoms with Gasteiger partial charge in [-0.25, -0.2) is 4.39 Å². The topological polar surface area (TPSA) is 37.9 Å². The van der Waals surface area contributed by atoms with E-state index in [1.54, 1.807) is 24.5 Å². The Bertz CT molecular complexity index is 466. The lowest BCUT2D eigenvalue weighted by molar-refractivity contribution is 0.231. The zero-order valence-electron chi connectivity index (χ0n) is 9.20.